The Balaban J connectivity index is 4.03. The van der Waals surface area contributed by atoms with E-state index < -0.39 is 5.60 Å². The third kappa shape index (κ3) is 4.88. The molecule has 0 unspecified atom stereocenters. The van der Waals surface area contributed by atoms with Crippen molar-refractivity contribution in [3.05, 3.63) is 0 Å². The number of Topliss-reactive ketones (excluding diaryl/α,β-unsaturated/α-hetero) is 1. The van der Waals surface area contributed by atoms with Crippen molar-refractivity contribution in [1.29, 1.82) is 0 Å². The van der Waals surface area contributed by atoms with Crippen molar-refractivity contribution >= 4 is 11.8 Å². The lowest BCUT2D eigenvalue weighted by Gasteiger charge is -2.23. The van der Waals surface area contributed by atoms with E-state index in [0.717, 1.165) is 0 Å². The van der Waals surface area contributed by atoms with E-state index in [1.807, 2.05) is 0 Å². The molecule has 0 aromatic heterocycles. The van der Waals surface area contributed by atoms with Crippen LogP contribution in [0.5, 0.6) is 0 Å². The van der Waals surface area contributed by atoms with Gasteiger partial charge in [-0.15, -0.1) is 0 Å². The minimum atomic E-state index is -0.654. The third-order valence-corrected chi connectivity index (χ3v) is 1.44. The zero-order valence-corrected chi connectivity index (χ0v) is 8.14. The second-order valence-electron chi connectivity index (χ2n) is 3.42. The van der Waals surface area contributed by atoms with Gasteiger partial charge in [-0.2, -0.15) is 0 Å². The average molecular weight is 172 g/mol. The Bertz CT molecular complexity index is 182. The highest BCUT2D eigenvalue weighted by Gasteiger charge is 2.23. The summed E-state index contributed by atoms with van der Waals surface area (Å²) in [6.45, 7) is 6.62. The van der Waals surface area contributed by atoms with Crippen molar-refractivity contribution in [3.63, 3.8) is 0 Å². The van der Waals surface area contributed by atoms with Gasteiger partial charge in [0.25, 0.3) is 0 Å². The number of hydrogen-bond donors (Lipinski definition) is 0. The standard InChI is InChI=1S/C9H16O3/c1-5-8(11)6-9(3,4)12-7(2)10/h5-6H2,1-4H3. The number of rotatable bonds is 4. The maximum atomic E-state index is 11.0. The highest BCUT2D eigenvalue weighted by Crippen LogP contribution is 2.15. The molecule has 0 amide bonds. The van der Waals surface area contributed by atoms with Gasteiger partial charge in [0.1, 0.15) is 11.4 Å². The lowest BCUT2D eigenvalue weighted by Crippen LogP contribution is -2.29. The summed E-state index contributed by atoms with van der Waals surface area (Å²) in [5.74, 6) is -0.231. The fourth-order valence-corrected chi connectivity index (χ4v) is 1.03. The van der Waals surface area contributed by atoms with Gasteiger partial charge in [-0.1, -0.05) is 6.92 Å². The Morgan fingerprint density at radius 3 is 2.17 bits per heavy atom. The number of ether oxygens (including phenoxy) is 1. The van der Waals surface area contributed by atoms with E-state index in [4.69, 9.17) is 4.74 Å². The summed E-state index contributed by atoms with van der Waals surface area (Å²) in [5.41, 5.74) is -0.654. The molecule has 12 heavy (non-hydrogen) atoms. The van der Waals surface area contributed by atoms with Crippen LogP contribution in [0.1, 0.15) is 40.5 Å². The highest BCUT2D eigenvalue weighted by atomic mass is 16.6. The molecule has 0 saturated carbocycles. The molecule has 0 aliphatic heterocycles. The maximum absolute atomic E-state index is 11.0. The van der Waals surface area contributed by atoms with E-state index in [2.05, 4.69) is 0 Å². The van der Waals surface area contributed by atoms with Gasteiger partial charge in [-0.05, 0) is 13.8 Å². The van der Waals surface area contributed by atoms with Gasteiger partial charge in [0.15, 0.2) is 0 Å². The topological polar surface area (TPSA) is 43.4 Å². The predicted molar refractivity (Wildman–Crippen MR) is 45.8 cm³/mol. The van der Waals surface area contributed by atoms with Crippen LogP contribution in [0.2, 0.25) is 0 Å². The smallest absolute Gasteiger partial charge is 0.303 e. The first kappa shape index (κ1) is 11.1. The van der Waals surface area contributed by atoms with Crippen LogP contribution < -0.4 is 0 Å². The molecule has 0 radical (unpaired) electrons. The Hall–Kier alpha value is -0.860. The van der Waals surface area contributed by atoms with Crippen molar-refractivity contribution < 1.29 is 14.3 Å². The summed E-state index contributed by atoms with van der Waals surface area (Å²) in [4.78, 5) is 21.6. The summed E-state index contributed by atoms with van der Waals surface area (Å²) >= 11 is 0. The van der Waals surface area contributed by atoms with Crippen LogP contribution >= 0.6 is 0 Å². The van der Waals surface area contributed by atoms with Crippen LogP contribution in [-0.4, -0.2) is 17.4 Å². The first-order valence-electron chi connectivity index (χ1n) is 4.08. The largest absolute Gasteiger partial charge is 0.459 e. The van der Waals surface area contributed by atoms with E-state index in [0.29, 0.717) is 12.8 Å². The highest BCUT2D eigenvalue weighted by molar-refractivity contribution is 5.79. The molecule has 0 saturated heterocycles. The number of carbonyl (C=O) groups excluding carboxylic acids is 2. The van der Waals surface area contributed by atoms with E-state index in [1.165, 1.54) is 6.92 Å². The van der Waals surface area contributed by atoms with Gasteiger partial charge in [0, 0.05) is 19.8 Å². The molecular weight excluding hydrogens is 156 g/mol. The molecular formula is C9H16O3. The second kappa shape index (κ2) is 4.24. The van der Waals surface area contributed by atoms with E-state index in [1.54, 1.807) is 20.8 Å². The predicted octanol–water partition coefficient (Wildman–Crippen LogP) is 1.70. The molecule has 0 atom stereocenters. The van der Waals surface area contributed by atoms with Crippen molar-refractivity contribution in [2.24, 2.45) is 0 Å². The summed E-state index contributed by atoms with van der Waals surface area (Å²) in [7, 11) is 0. The monoisotopic (exact) mass is 172 g/mol. The Morgan fingerprint density at radius 1 is 1.33 bits per heavy atom. The van der Waals surface area contributed by atoms with Gasteiger partial charge in [0.05, 0.1) is 0 Å². The summed E-state index contributed by atoms with van der Waals surface area (Å²) in [5, 5.41) is 0. The first-order chi connectivity index (χ1) is 5.37. The molecule has 0 aromatic rings. The minimum absolute atomic E-state index is 0.112. The SMILES string of the molecule is CCC(=O)CC(C)(C)OC(C)=O. The van der Waals surface area contributed by atoms with Crippen LogP contribution in [-0.2, 0) is 14.3 Å². The molecule has 70 valence electrons. The molecule has 0 bridgehead atoms. The van der Waals surface area contributed by atoms with Crippen molar-refractivity contribution in [1.82, 2.24) is 0 Å². The number of esters is 1. The molecule has 0 fully saturated rings. The Kier molecular flexibility index (Phi) is 3.93. The van der Waals surface area contributed by atoms with Gasteiger partial charge in [-0.3, -0.25) is 9.59 Å². The van der Waals surface area contributed by atoms with Crippen LogP contribution in [0.4, 0.5) is 0 Å². The molecule has 3 nitrogen and oxygen atoms in total. The van der Waals surface area contributed by atoms with Crippen molar-refractivity contribution in [2.45, 2.75) is 46.1 Å². The number of hydrogen-bond acceptors (Lipinski definition) is 3. The number of ketones is 1. The molecule has 0 N–H and O–H groups in total. The summed E-state index contributed by atoms with van der Waals surface area (Å²) in [6, 6.07) is 0. The molecule has 0 aliphatic rings. The zero-order valence-electron chi connectivity index (χ0n) is 8.14. The second-order valence-corrected chi connectivity index (χ2v) is 3.42. The van der Waals surface area contributed by atoms with E-state index >= 15 is 0 Å². The Morgan fingerprint density at radius 2 is 1.83 bits per heavy atom. The number of carbonyl (C=O) groups is 2. The zero-order chi connectivity index (χ0) is 9.78. The molecule has 0 aromatic carbocycles. The van der Waals surface area contributed by atoms with Gasteiger partial charge in [0.2, 0.25) is 0 Å². The van der Waals surface area contributed by atoms with Crippen LogP contribution in [0.15, 0.2) is 0 Å². The fraction of sp³-hybridized carbons (Fsp3) is 0.778. The minimum Gasteiger partial charge on any atom is -0.459 e. The van der Waals surface area contributed by atoms with Crippen LogP contribution in [0.25, 0.3) is 0 Å². The van der Waals surface area contributed by atoms with Crippen molar-refractivity contribution in [3.8, 4) is 0 Å². The quantitative estimate of drug-likeness (QED) is 0.606. The van der Waals surface area contributed by atoms with Crippen LogP contribution in [0.3, 0.4) is 0 Å². The lowest BCUT2D eigenvalue weighted by atomic mass is 10.0. The molecule has 0 rings (SSSR count). The molecule has 0 heterocycles. The first-order valence-corrected chi connectivity index (χ1v) is 4.08. The van der Waals surface area contributed by atoms with E-state index in [-0.39, 0.29) is 11.8 Å². The molecule has 3 heteroatoms. The maximum Gasteiger partial charge on any atom is 0.303 e. The summed E-state index contributed by atoms with van der Waals surface area (Å²) < 4.78 is 4.95. The normalized spacial score (nSPS) is 11.0. The van der Waals surface area contributed by atoms with Gasteiger partial charge >= 0.3 is 5.97 Å². The Labute approximate surface area is 73.1 Å². The summed E-state index contributed by atoms with van der Waals surface area (Å²) in [6.07, 6.45) is 0.785. The fourth-order valence-electron chi connectivity index (χ4n) is 1.03. The van der Waals surface area contributed by atoms with Gasteiger partial charge in [-0.25, -0.2) is 0 Å². The van der Waals surface area contributed by atoms with Crippen LogP contribution in [0, 0.1) is 0 Å². The molecule has 0 spiro atoms. The third-order valence-electron chi connectivity index (χ3n) is 1.44. The van der Waals surface area contributed by atoms with E-state index in [9.17, 15) is 9.59 Å². The lowest BCUT2D eigenvalue weighted by molar-refractivity contribution is -0.155. The molecule has 0 aliphatic carbocycles. The van der Waals surface area contributed by atoms with Gasteiger partial charge < -0.3 is 4.74 Å². The van der Waals surface area contributed by atoms with Crippen molar-refractivity contribution in [2.75, 3.05) is 0 Å². The average Bonchev–Trinajstić information content (AvgIpc) is 1.83.